The summed E-state index contributed by atoms with van der Waals surface area (Å²) in [5, 5.41) is 7.12. The molecule has 20 heavy (non-hydrogen) atoms. The fourth-order valence-electron chi connectivity index (χ4n) is 3.36. The number of hydrogen-bond acceptors (Lipinski definition) is 4. The summed E-state index contributed by atoms with van der Waals surface area (Å²) in [7, 11) is 1.70. The third-order valence-electron chi connectivity index (χ3n) is 4.59. The van der Waals surface area contributed by atoms with Gasteiger partial charge >= 0.3 is 0 Å². The van der Waals surface area contributed by atoms with E-state index < -0.39 is 0 Å². The molecule has 2 aliphatic heterocycles. The van der Waals surface area contributed by atoms with Crippen LogP contribution in [0.3, 0.4) is 0 Å². The molecule has 1 aromatic carbocycles. The lowest BCUT2D eigenvalue weighted by Crippen LogP contribution is -2.53. The summed E-state index contributed by atoms with van der Waals surface area (Å²) in [6.45, 7) is 3.93. The molecule has 4 heteroatoms. The van der Waals surface area contributed by atoms with E-state index in [0.29, 0.717) is 6.04 Å². The standard InChI is InChI=1S/C16H24N2O2/c1-19-14-4-2-13(3-5-14)12-18-15-6-11-20-16(15)7-9-17-10-8-16/h2-5,15,17-18H,6-12H2,1H3. The van der Waals surface area contributed by atoms with Crippen LogP contribution in [-0.4, -0.2) is 38.4 Å². The summed E-state index contributed by atoms with van der Waals surface area (Å²) in [6.07, 6.45) is 3.36. The minimum atomic E-state index is 0.0672. The lowest BCUT2D eigenvalue weighted by Gasteiger charge is -2.38. The van der Waals surface area contributed by atoms with Crippen LogP contribution in [0, 0.1) is 0 Å². The van der Waals surface area contributed by atoms with Crippen LogP contribution < -0.4 is 15.4 Å². The van der Waals surface area contributed by atoms with Crippen molar-refractivity contribution in [1.29, 1.82) is 0 Å². The number of ether oxygens (including phenoxy) is 2. The molecule has 0 bridgehead atoms. The highest BCUT2D eigenvalue weighted by atomic mass is 16.5. The molecule has 0 amide bonds. The predicted octanol–water partition coefficient (Wildman–Crippen LogP) is 1.70. The maximum absolute atomic E-state index is 6.10. The molecule has 2 N–H and O–H groups in total. The third kappa shape index (κ3) is 2.82. The fourth-order valence-corrected chi connectivity index (χ4v) is 3.36. The molecule has 0 aliphatic carbocycles. The number of nitrogens with one attached hydrogen (secondary N) is 2. The number of hydrogen-bond donors (Lipinski definition) is 2. The summed E-state index contributed by atoms with van der Waals surface area (Å²) in [4.78, 5) is 0. The predicted molar refractivity (Wildman–Crippen MR) is 79.0 cm³/mol. The van der Waals surface area contributed by atoms with Gasteiger partial charge < -0.3 is 20.1 Å². The van der Waals surface area contributed by atoms with Crippen molar-refractivity contribution in [2.45, 2.75) is 37.5 Å². The van der Waals surface area contributed by atoms with E-state index in [4.69, 9.17) is 9.47 Å². The van der Waals surface area contributed by atoms with Crippen molar-refractivity contribution < 1.29 is 9.47 Å². The van der Waals surface area contributed by atoms with E-state index in [-0.39, 0.29) is 5.60 Å². The Labute approximate surface area is 120 Å². The molecule has 3 rings (SSSR count). The quantitative estimate of drug-likeness (QED) is 0.878. The van der Waals surface area contributed by atoms with Gasteiger partial charge in [-0.15, -0.1) is 0 Å². The SMILES string of the molecule is COc1ccc(CNC2CCOC23CCNCC3)cc1. The van der Waals surface area contributed by atoms with Crippen molar-refractivity contribution in [3.05, 3.63) is 29.8 Å². The molecule has 2 aliphatic rings. The van der Waals surface area contributed by atoms with E-state index in [1.165, 1.54) is 5.56 Å². The van der Waals surface area contributed by atoms with Gasteiger partial charge in [0.25, 0.3) is 0 Å². The maximum atomic E-state index is 6.10. The molecule has 4 nitrogen and oxygen atoms in total. The monoisotopic (exact) mass is 276 g/mol. The van der Waals surface area contributed by atoms with E-state index in [1.807, 2.05) is 12.1 Å². The van der Waals surface area contributed by atoms with Gasteiger partial charge in [0.15, 0.2) is 0 Å². The first-order valence-corrected chi connectivity index (χ1v) is 7.53. The van der Waals surface area contributed by atoms with Gasteiger partial charge in [0.2, 0.25) is 0 Å². The van der Waals surface area contributed by atoms with Gasteiger partial charge in [0, 0.05) is 19.2 Å². The van der Waals surface area contributed by atoms with Crippen LogP contribution in [-0.2, 0) is 11.3 Å². The van der Waals surface area contributed by atoms with E-state index in [2.05, 4.69) is 22.8 Å². The molecule has 0 aromatic heterocycles. The van der Waals surface area contributed by atoms with Gasteiger partial charge in [-0.05, 0) is 50.0 Å². The van der Waals surface area contributed by atoms with Crippen molar-refractivity contribution in [3.63, 3.8) is 0 Å². The van der Waals surface area contributed by atoms with Crippen LogP contribution in [0.15, 0.2) is 24.3 Å². The Hall–Kier alpha value is -1.10. The van der Waals surface area contributed by atoms with E-state index in [0.717, 1.165) is 51.3 Å². The highest BCUT2D eigenvalue weighted by Gasteiger charge is 2.44. The first kappa shape index (κ1) is 13.9. The highest BCUT2D eigenvalue weighted by molar-refractivity contribution is 5.27. The molecule has 1 unspecified atom stereocenters. The summed E-state index contributed by atoms with van der Waals surface area (Å²) < 4.78 is 11.3. The van der Waals surface area contributed by atoms with E-state index >= 15 is 0 Å². The zero-order valence-electron chi connectivity index (χ0n) is 12.2. The lowest BCUT2D eigenvalue weighted by atomic mass is 9.85. The van der Waals surface area contributed by atoms with Crippen molar-refractivity contribution in [1.82, 2.24) is 10.6 Å². The Balaban J connectivity index is 1.59. The fraction of sp³-hybridized carbons (Fsp3) is 0.625. The van der Waals surface area contributed by atoms with E-state index in [9.17, 15) is 0 Å². The van der Waals surface area contributed by atoms with Crippen LogP contribution in [0.1, 0.15) is 24.8 Å². The van der Waals surface area contributed by atoms with Crippen molar-refractivity contribution >= 4 is 0 Å². The Kier molecular flexibility index (Phi) is 4.24. The van der Waals surface area contributed by atoms with Gasteiger partial charge in [0.1, 0.15) is 5.75 Å². The van der Waals surface area contributed by atoms with Crippen LogP contribution >= 0.6 is 0 Å². The van der Waals surface area contributed by atoms with Crippen LogP contribution in [0.5, 0.6) is 5.75 Å². The topological polar surface area (TPSA) is 42.5 Å². The molecule has 2 saturated heterocycles. The first-order chi connectivity index (χ1) is 9.82. The van der Waals surface area contributed by atoms with Crippen LogP contribution in [0.4, 0.5) is 0 Å². The molecular formula is C16H24N2O2. The average Bonchev–Trinajstić information content (AvgIpc) is 2.88. The molecule has 2 fully saturated rings. The summed E-state index contributed by atoms with van der Waals surface area (Å²) in [5.41, 5.74) is 1.36. The normalized spacial score (nSPS) is 24.9. The second kappa shape index (κ2) is 6.12. The summed E-state index contributed by atoms with van der Waals surface area (Å²) in [5.74, 6) is 0.910. The molecule has 0 saturated carbocycles. The Morgan fingerprint density at radius 1 is 1.30 bits per heavy atom. The van der Waals surface area contributed by atoms with Crippen molar-refractivity contribution in [3.8, 4) is 5.75 Å². The van der Waals surface area contributed by atoms with Crippen molar-refractivity contribution in [2.24, 2.45) is 0 Å². The zero-order chi connectivity index (χ0) is 13.8. The van der Waals surface area contributed by atoms with Gasteiger partial charge in [0.05, 0.1) is 12.7 Å². The number of benzene rings is 1. The summed E-state index contributed by atoms with van der Waals surface area (Å²) >= 11 is 0. The number of rotatable bonds is 4. The Bertz CT molecular complexity index is 427. The molecule has 1 aromatic rings. The smallest absolute Gasteiger partial charge is 0.118 e. The third-order valence-corrected chi connectivity index (χ3v) is 4.59. The highest BCUT2D eigenvalue weighted by Crippen LogP contribution is 2.34. The second-order valence-corrected chi connectivity index (χ2v) is 5.73. The lowest BCUT2D eigenvalue weighted by molar-refractivity contribution is -0.0338. The first-order valence-electron chi connectivity index (χ1n) is 7.53. The molecule has 1 spiro atoms. The second-order valence-electron chi connectivity index (χ2n) is 5.73. The van der Waals surface area contributed by atoms with Crippen molar-refractivity contribution in [2.75, 3.05) is 26.8 Å². The molecule has 2 heterocycles. The Morgan fingerprint density at radius 3 is 2.75 bits per heavy atom. The Morgan fingerprint density at radius 2 is 2.05 bits per heavy atom. The number of piperidine rings is 1. The maximum Gasteiger partial charge on any atom is 0.118 e. The van der Waals surface area contributed by atoms with E-state index in [1.54, 1.807) is 7.11 Å². The van der Waals surface area contributed by atoms with Crippen LogP contribution in [0.2, 0.25) is 0 Å². The number of methoxy groups -OCH3 is 1. The molecule has 0 radical (unpaired) electrons. The summed E-state index contributed by atoms with van der Waals surface area (Å²) in [6, 6.07) is 8.75. The van der Waals surface area contributed by atoms with Gasteiger partial charge in [-0.25, -0.2) is 0 Å². The van der Waals surface area contributed by atoms with Gasteiger partial charge in [-0.3, -0.25) is 0 Å². The van der Waals surface area contributed by atoms with Gasteiger partial charge in [-0.1, -0.05) is 12.1 Å². The zero-order valence-corrected chi connectivity index (χ0v) is 12.2. The minimum absolute atomic E-state index is 0.0672. The molecule has 110 valence electrons. The van der Waals surface area contributed by atoms with Crippen LogP contribution in [0.25, 0.3) is 0 Å². The molecular weight excluding hydrogens is 252 g/mol. The van der Waals surface area contributed by atoms with Gasteiger partial charge in [-0.2, -0.15) is 0 Å². The largest absolute Gasteiger partial charge is 0.497 e. The average molecular weight is 276 g/mol. The molecule has 1 atom stereocenters. The minimum Gasteiger partial charge on any atom is -0.497 e.